The van der Waals surface area contributed by atoms with Gasteiger partial charge in [0.15, 0.2) is 0 Å². The summed E-state index contributed by atoms with van der Waals surface area (Å²) >= 11 is 0. The number of hydrogen-bond acceptors (Lipinski definition) is 2. The first kappa shape index (κ1) is 11.3. The second-order valence-corrected chi connectivity index (χ2v) is 4.85. The molecule has 2 nitrogen and oxygen atoms in total. The molecule has 2 N–H and O–H groups in total. The summed E-state index contributed by atoms with van der Waals surface area (Å²) in [4.78, 5) is 0. The maximum atomic E-state index is 9.47. The van der Waals surface area contributed by atoms with E-state index in [1.165, 1.54) is 25.7 Å². The first-order valence-electron chi connectivity index (χ1n) is 6.27. The fraction of sp³-hybridized carbons (Fsp3) is 0.571. The third-order valence-corrected chi connectivity index (χ3v) is 3.73. The molecule has 1 aromatic carbocycles. The lowest BCUT2D eigenvalue weighted by atomic mass is 10.0. The quantitative estimate of drug-likeness (QED) is 0.760. The van der Waals surface area contributed by atoms with Gasteiger partial charge in [0.1, 0.15) is 5.75 Å². The number of hydrogen-bond donors (Lipinski definition) is 2. The summed E-state index contributed by atoms with van der Waals surface area (Å²) in [6.07, 6.45) is 5.23. The summed E-state index contributed by atoms with van der Waals surface area (Å²) in [6.45, 7) is 4.21. The Hall–Kier alpha value is -1.18. The van der Waals surface area contributed by atoms with Crippen LogP contribution in [0.5, 0.6) is 5.75 Å². The van der Waals surface area contributed by atoms with Crippen LogP contribution in [-0.4, -0.2) is 11.1 Å². The normalized spacial score (nSPS) is 24.6. The largest absolute Gasteiger partial charge is 0.508 e. The fourth-order valence-electron chi connectivity index (χ4n) is 2.67. The van der Waals surface area contributed by atoms with E-state index in [9.17, 15) is 5.11 Å². The van der Waals surface area contributed by atoms with Crippen molar-refractivity contribution >= 4 is 5.69 Å². The molecular weight excluding hydrogens is 198 g/mol. The van der Waals surface area contributed by atoms with Crippen molar-refractivity contribution in [3.8, 4) is 5.75 Å². The van der Waals surface area contributed by atoms with Crippen LogP contribution in [0.4, 0.5) is 5.69 Å². The van der Waals surface area contributed by atoms with E-state index >= 15 is 0 Å². The molecule has 2 atom stereocenters. The molecule has 2 heteroatoms. The molecule has 0 amide bonds. The Bertz CT molecular complexity index is 362. The molecule has 1 aliphatic rings. The molecule has 0 spiro atoms. The molecule has 0 aliphatic heterocycles. The Labute approximate surface area is 97.7 Å². The molecule has 1 saturated carbocycles. The van der Waals surface area contributed by atoms with Crippen LogP contribution >= 0.6 is 0 Å². The Kier molecular flexibility index (Phi) is 3.37. The van der Waals surface area contributed by atoms with E-state index in [2.05, 4.69) is 12.2 Å². The van der Waals surface area contributed by atoms with Crippen LogP contribution in [0, 0.1) is 12.8 Å². The van der Waals surface area contributed by atoms with Crippen molar-refractivity contribution in [1.29, 1.82) is 0 Å². The van der Waals surface area contributed by atoms with E-state index in [-0.39, 0.29) is 0 Å². The first-order valence-corrected chi connectivity index (χ1v) is 6.27. The molecule has 2 unspecified atom stereocenters. The number of phenolic OH excluding ortho intramolecular Hbond substituents is 1. The summed E-state index contributed by atoms with van der Waals surface area (Å²) in [5.74, 6) is 1.19. The van der Waals surface area contributed by atoms with Gasteiger partial charge in [-0.3, -0.25) is 0 Å². The summed E-state index contributed by atoms with van der Waals surface area (Å²) < 4.78 is 0. The standard InChI is InChI=1S/C14H21NO/c1-3-11-5-4-6-13(11)15-12-7-8-14(16)10(2)9-12/h7-9,11,13,15-16H,3-6H2,1-2H3. The smallest absolute Gasteiger partial charge is 0.118 e. The molecule has 0 saturated heterocycles. The van der Waals surface area contributed by atoms with E-state index in [1.54, 1.807) is 6.07 Å². The zero-order valence-corrected chi connectivity index (χ0v) is 10.2. The van der Waals surface area contributed by atoms with E-state index in [0.717, 1.165) is 17.2 Å². The van der Waals surface area contributed by atoms with Gasteiger partial charge in [-0.05, 0) is 49.4 Å². The lowest BCUT2D eigenvalue weighted by Crippen LogP contribution is -2.23. The van der Waals surface area contributed by atoms with Crippen molar-refractivity contribution in [3.63, 3.8) is 0 Å². The predicted molar refractivity (Wildman–Crippen MR) is 67.9 cm³/mol. The molecule has 0 bridgehead atoms. The van der Waals surface area contributed by atoms with Gasteiger partial charge < -0.3 is 10.4 Å². The predicted octanol–water partition coefficient (Wildman–Crippen LogP) is 3.69. The van der Waals surface area contributed by atoms with Gasteiger partial charge in [-0.25, -0.2) is 0 Å². The van der Waals surface area contributed by atoms with Crippen LogP contribution in [0.2, 0.25) is 0 Å². The van der Waals surface area contributed by atoms with Crippen molar-refractivity contribution < 1.29 is 5.11 Å². The SMILES string of the molecule is CCC1CCCC1Nc1ccc(O)c(C)c1. The molecule has 0 aromatic heterocycles. The van der Waals surface area contributed by atoms with Gasteiger partial charge in [-0.2, -0.15) is 0 Å². The average molecular weight is 219 g/mol. The van der Waals surface area contributed by atoms with Gasteiger partial charge in [0.05, 0.1) is 0 Å². The fourth-order valence-corrected chi connectivity index (χ4v) is 2.67. The average Bonchev–Trinajstić information content (AvgIpc) is 2.71. The highest BCUT2D eigenvalue weighted by Gasteiger charge is 2.25. The van der Waals surface area contributed by atoms with E-state index < -0.39 is 0 Å². The van der Waals surface area contributed by atoms with Crippen LogP contribution in [0.3, 0.4) is 0 Å². The molecule has 16 heavy (non-hydrogen) atoms. The number of aromatic hydroxyl groups is 1. The lowest BCUT2D eigenvalue weighted by molar-refractivity contribution is 0.470. The van der Waals surface area contributed by atoms with Crippen LogP contribution in [0.25, 0.3) is 0 Å². The highest BCUT2D eigenvalue weighted by molar-refractivity contribution is 5.51. The third-order valence-electron chi connectivity index (χ3n) is 3.73. The van der Waals surface area contributed by atoms with Gasteiger partial charge in [0.25, 0.3) is 0 Å². The van der Waals surface area contributed by atoms with E-state index in [4.69, 9.17) is 0 Å². The monoisotopic (exact) mass is 219 g/mol. The minimum Gasteiger partial charge on any atom is -0.508 e. The Morgan fingerprint density at radius 1 is 1.38 bits per heavy atom. The second-order valence-electron chi connectivity index (χ2n) is 4.85. The topological polar surface area (TPSA) is 32.3 Å². The molecule has 0 radical (unpaired) electrons. The van der Waals surface area contributed by atoms with Crippen LogP contribution in [-0.2, 0) is 0 Å². The lowest BCUT2D eigenvalue weighted by Gasteiger charge is -2.21. The summed E-state index contributed by atoms with van der Waals surface area (Å²) in [7, 11) is 0. The molecule has 1 aliphatic carbocycles. The first-order chi connectivity index (χ1) is 7.70. The number of phenols is 1. The summed E-state index contributed by atoms with van der Waals surface area (Å²) in [5.41, 5.74) is 2.08. The number of rotatable bonds is 3. The summed E-state index contributed by atoms with van der Waals surface area (Å²) in [5, 5.41) is 13.1. The van der Waals surface area contributed by atoms with Gasteiger partial charge >= 0.3 is 0 Å². The van der Waals surface area contributed by atoms with E-state index in [0.29, 0.717) is 11.8 Å². The zero-order valence-electron chi connectivity index (χ0n) is 10.2. The van der Waals surface area contributed by atoms with Gasteiger partial charge in [-0.15, -0.1) is 0 Å². The number of aryl methyl sites for hydroxylation is 1. The zero-order chi connectivity index (χ0) is 11.5. The molecule has 1 fully saturated rings. The van der Waals surface area contributed by atoms with Crippen LogP contribution < -0.4 is 5.32 Å². The van der Waals surface area contributed by atoms with Gasteiger partial charge in [-0.1, -0.05) is 19.8 Å². The maximum absolute atomic E-state index is 9.47. The maximum Gasteiger partial charge on any atom is 0.118 e. The van der Waals surface area contributed by atoms with Crippen molar-refractivity contribution in [2.75, 3.05) is 5.32 Å². The Morgan fingerprint density at radius 2 is 2.19 bits per heavy atom. The molecule has 0 heterocycles. The van der Waals surface area contributed by atoms with Gasteiger partial charge in [0.2, 0.25) is 0 Å². The highest BCUT2D eigenvalue weighted by Crippen LogP contribution is 2.31. The molecule has 1 aromatic rings. The number of benzene rings is 1. The number of nitrogens with one attached hydrogen (secondary N) is 1. The molecular formula is C14H21NO. The minimum absolute atomic E-state index is 0.379. The molecule has 88 valence electrons. The minimum atomic E-state index is 0.379. The van der Waals surface area contributed by atoms with Crippen molar-refractivity contribution in [2.45, 2.75) is 45.6 Å². The van der Waals surface area contributed by atoms with Gasteiger partial charge in [0, 0.05) is 11.7 Å². The molecule has 2 rings (SSSR count). The second kappa shape index (κ2) is 4.77. The highest BCUT2D eigenvalue weighted by atomic mass is 16.3. The van der Waals surface area contributed by atoms with E-state index in [1.807, 2.05) is 19.1 Å². The Balaban J connectivity index is 2.05. The van der Waals surface area contributed by atoms with Crippen molar-refractivity contribution in [3.05, 3.63) is 23.8 Å². The Morgan fingerprint density at radius 3 is 2.88 bits per heavy atom. The number of anilines is 1. The van der Waals surface area contributed by atoms with Crippen LogP contribution in [0.15, 0.2) is 18.2 Å². The van der Waals surface area contributed by atoms with Crippen molar-refractivity contribution in [1.82, 2.24) is 0 Å². The van der Waals surface area contributed by atoms with Crippen molar-refractivity contribution in [2.24, 2.45) is 5.92 Å². The van der Waals surface area contributed by atoms with Crippen LogP contribution in [0.1, 0.15) is 38.2 Å². The third kappa shape index (κ3) is 2.31. The summed E-state index contributed by atoms with van der Waals surface area (Å²) in [6, 6.07) is 6.38.